The summed E-state index contributed by atoms with van der Waals surface area (Å²) in [6, 6.07) is 0.209. The number of amides is 1. The number of aromatic nitrogens is 2. The maximum Gasteiger partial charge on any atom is 0.226 e. The molecule has 0 aliphatic carbocycles. The molecule has 2 rings (SSSR count). The molecule has 1 unspecified atom stereocenters. The molecule has 1 aromatic heterocycles. The summed E-state index contributed by atoms with van der Waals surface area (Å²) in [5.41, 5.74) is 1.73. The molecule has 0 saturated heterocycles. The van der Waals surface area contributed by atoms with Crippen LogP contribution in [0.5, 0.6) is 0 Å². The van der Waals surface area contributed by atoms with Gasteiger partial charge in [0.1, 0.15) is 5.69 Å². The highest BCUT2D eigenvalue weighted by atomic mass is 16.1. The van der Waals surface area contributed by atoms with E-state index in [1.165, 1.54) is 0 Å². The monoisotopic (exact) mass is 222 g/mol. The van der Waals surface area contributed by atoms with Gasteiger partial charge in [-0.2, -0.15) is 5.10 Å². The summed E-state index contributed by atoms with van der Waals surface area (Å²) >= 11 is 0. The van der Waals surface area contributed by atoms with Crippen molar-refractivity contribution in [3.8, 4) is 0 Å². The van der Waals surface area contributed by atoms with E-state index in [-0.39, 0.29) is 11.9 Å². The lowest BCUT2D eigenvalue weighted by molar-refractivity contribution is -0.116. The minimum atomic E-state index is 0.0702. The summed E-state index contributed by atoms with van der Waals surface area (Å²) in [7, 11) is 1.92. The number of hydrogen-bond acceptors (Lipinski definition) is 3. The van der Waals surface area contributed by atoms with E-state index in [1.54, 1.807) is 0 Å². The van der Waals surface area contributed by atoms with Crippen molar-refractivity contribution in [3.05, 3.63) is 5.69 Å². The van der Waals surface area contributed by atoms with Gasteiger partial charge < -0.3 is 10.2 Å². The fourth-order valence-corrected chi connectivity index (χ4v) is 2.36. The van der Waals surface area contributed by atoms with E-state index in [9.17, 15) is 4.79 Å². The van der Waals surface area contributed by atoms with Gasteiger partial charge in [0.05, 0.1) is 5.69 Å². The molecule has 0 bridgehead atoms. The third kappa shape index (κ3) is 1.56. The third-order valence-corrected chi connectivity index (χ3v) is 3.08. The molecule has 1 aliphatic rings. The summed E-state index contributed by atoms with van der Waals surface area (Å²) in [6.45, 7) is 6.96. The topological polar surface area (TPSA) is 50.2 Å². The number of rotatable bonds is 1. The molecule has 5 nitrogen and oxygen atoms in total. The van der Waals surface area contributed by atoms with Crippen molar-refractivity contribution < 1.29 is 4.79 Å². The van der Waals surface area contributed by atoms with Gasteiger partial charge >= 0.3 is 0 Å². The molecule has 1 aromatic rings. The molecule has 5 heteroatoms. The average molecular weight is 222 g/mol. The Morgan fingerprint density at radius 3 is 2.88 bits per heavy atom. The summed E-state index contributed by atoms with van der Waals surface area (Å²) in [6.07, 6.45) is 0.530. The van der Waals surface area contributed by atoms with Crippen LogP contribution in [0.15, 0.2) is 0 Å². The maximum atomic E-state index is 11.7. The quantitative estimate of drug-likeness (QED) is 0.779. The Morgan fingerprint density at radius 1 is 1.56 bits per heavy atom. The highest BCUT2D eigenvalue weighted by molar-refractivity contribution is 5.96. The number of hydrogen-bond donors (Lipinski definition) is 1. The largest absolute Gasteiger partial charge is 0.352 e. The number of nitrogens with one attached hydrogen (secondary N) is 1. The van der Waals surface area contributed by atoms with Crippen molar-refractivity contribution in [2.45, 2.75) is 33.2 Å². The van der Waals surface area contributed by atoms with Crippen molar-refractivity contribution in [1.29, 1.82) is 0 Å². The lowest BCUT2D eigenvalue weighted by Crippen LogP contribution is -2.34. The van der Waals surface area contributed by atoms with Crippen LogP contribution < -0.4 is 10.2 Å². The Balaban J connectivity index is 2.56. The van der Waals surface area contributed by atoms with E-state index in [4.69, 9.17) is 0 Å². The fraction of sp³-hybridized carbons (Fsp3) is 0.636. The summed E-state index contributed by atoms with van der Waals surface area (Å²) in [5.74, 6) is 1.08. The molecule has 88 valence electrons. The second-order valence-electron chi connectivity index (χ2n) is 4.29. The third-order valence-electron chi connectivity index (χ3n) is 3.08. The first-order chi connectivity index (χ1) is 7.54. The molecule has 0 aromatic carbocycles. The molecule has 1 N–H and O–H groups in total. The van der Waals surface area contributed by atoms with Crippen molar-refractivity contribution in [2.24, 2.45) is 7.05 Å². The van der Waals surface area contributed by atoms with Gasteiger partial charge in [0.15, 0.2) is 5.82 Å². The van der Waals surface area contributed by atoms with E-state index < -0.39 is 0 Å². The van der Waals surface area contributed by atoms with Crippen LogP contribution in [0.2, 0.25) is 0 Å². The van der Waals surface area contributed by atoms with Crippen LogP contribution in [0.3, 0.4) is 0 Å². The molecule has 0 spiro atoms. The van der Waals surface area contributed by atoms with Crippen molar-refractivity contribution >= 4 is 17.4 Å². The standard InChI is InChI=1S/C11H18N4O/c1-5-15-7(2)6-9(16)12-10-8(3)13-14(4)11(10)15/h7H,5-6H2,1-4H3,(H,12,16). The van der Waals surface area contributed by atoms with E-state index >= 15 is 0 Å². The van der Waals surface area contributed by atoms with Crippen LogP contribution >= 0.6 is 0 Å². The molecule has 0 saturated carbocycles. The molecular weight excluding hydrogens is 204 g/mol. The van der Waals surface area contributed by atoms with E-state index in [1.807, 2.05) is 18.7 Å². The summed E-state index contributed by atoms with van der Waals surface area (Å²) < 4.78 is 1.84. The number of carbonyl (C=O) groups excluding carboxylic acids is 1. The van der Waals surface area contributed by atoms with Crippen LogP contribution in [0.25, 0.3) is 0 Å². The van der Waals surface area contributed by atoms with Gasteiger partial charge in [0, 0.05) is 26.1 Å². The number of fused-ring (bicyclic) bond motifs is 1. The van der Waals surface area contributed by atoms with Crippen LogP contribution in [0.1, 0.15) is 26.0 Å². The Morgan fingerprint density at radius 2 is 2.25 bits per heavy atom. The lowest BCUT2D eigenvalue weighted by Gasteiger charge is -2.27. The zero-order valence-electron chi connectivity index (χ0n) is 10.2. The smallest absolute Gasteiger partial charge is 0.226 e. The van der Waals surface area contributed by atoms with Gasteiger partial charge in [-0.15, -0.1) is 0 Å². The first kappa shape index (κ1) is 11.0. The minimum Gasteiger partial charge on any atom is -0.352 e. The minimum absolute atomic E-state index is 0.0702. The SMILES string of the molecule is CCN1c2c(c(C)nn2C)NC(=O)CC1C. The number of anilines is 2. The second-order valence-corrected chi connectivity index (χ2v) is 4.29. The van der Waals surface area contributed by atoms with Gasteiger partial charge in [-0.1, -0.05) is 0 Å². The molecule has 16 heavy (non-hydrogen) atoms. The fourth-order valence-electron chi connectivity index (χ4n) is 2.36. The zero-order valence-corrected chi connectivity index (χ0v) is 10.2. The van der Waals surface area contributed by atoms with Gasteiger partial charge in [0.25, 0.3) is 0 Å². The summed E-state index contributed by atoms with van der Waals surface area (Å²) in [4.78, 5) is 13.9. The predicted octanol–water partition coefficient (Wildman–Crippen LogP) is 1.29. The molecule has 0 fully saturated rings. The first-order valence-corrected chi connectivity index (χ1v) is 5.64. The molecular formula is C11H18N4O. The number of carbonyl (C=O) groups is 1. The molecule has 1 amide bonds. The van der Waals surface area contributed by atoms with Crippen LogP contribution in [0.4, 0.5) is 11.5 Å². The predicted molar refractivity (Wildman–Crippen MR) is 63.7 cm³/mol. The van der Waals surface area contributed by atoms with Gasteiger partial charge in [-0.05, 0) is 20.8 Å². The van der Waals surface area contributed by atoms with Gasteiger partial charge in [0.2, 0.25) is 5.91 Å². The number of aryl methyl sites for hydroxylation is 2. The number of nitrogens with zero attached hydrogens (tertiary/aromatic N) is 3. The Hall–Kier alpha value is -1.52. The van der Waals surface area contributed by atoms with Crippen LogP contribution in [0, 0.1) is 6.92 Å². The lowest BCUT2D eigenvalue weighted by atomic mass is 10.2. The second kappa shape index (κ2) is 3.81. The molecule has 2 heterocycles. The highest BCUT2D eigenvalue weighted by Gasteiger charge is 2.28. The molecule has 1 atom stereocenters. The van der Waals surface area contributed by atoms with Crippen LogP contribution in [-0.2, 0) is 11.8 Å². The highest BCUT2D eigenvalue weighted by Crippen LogP contribution is 2.33. The summed E-state index contributed by atoms with van der Waals surface area (Å²) in [5, 5.41) is 7.30. The Labute approximate surface area is 95.4 Å². The van der Waals surface area contributed by atoms with Crippen molar-refractivity contribution in [2.75, 3.05) is 16.8 Å². The first-order valence-electron chi connectivity index (χ1n) is 5.64. The molecule has 0 radical (unpaired) electrons. The van der Waals surface area contributed by atoms with Crippen LogP contribution in [-0.4, -0.2) is 28.3 Å². The normalized spacial score (nSPS) is 20.4. The van der Waals surface area contributed by atoms with Gasteiger partial charge in [-0.25, -0.2) is 0 Å². The van der Waals surface area contributed by atoms with Gasteiger partial charge in [-0.3, -0.25) is 9.48 Å². The Kier molecular flexibility index (Phi) is 2.61. The van der Waals surface area contributed by atoms with Crippen molar-refractivity contribution in [1.82, 2.24) is 9.78 Å². The molecule has 1 aliphatic heterocycles. The van der Waals surface area contributed by atoms with E-state index in [0.29, 0.717) is 6.42 Å². The Bertz CT molecular complexity index is 424. The van der Waals surface area contributed by atoms with E-state index in [0.717, 1.165) is 23.7 Å². The van der Waals surface area contributed by atoms with Crippen molar-refractivity contribution in [3.63, 3.8) is 0 Å². The average Bonchev–Trinajstić information content (AvgIpc) is 2.41. The maximum absolute atomic E-state index is 11.7. The van der Waals surface area contributed by atoms with E-state index in [2.05, 4.69) is 29.2 Å². The zero-order chi connectivity index (χ0) is 11.9.